The maximum absolute atomic E-state index is 4.70. The summed E-state index contributed by atoms with van der Waals surface area (Å²) in [6.45, 7) is 12.9. The zero-order chi connectivity index (χ0) is 12.8. The van der Waals surface area contributed by atoms with Gasteiger partial charge in [-0.1, -0.05) is 20.8 Å². The SMILES string of the molecule is CCC(C)N(CC)c1nc(CNC(C)C)cs1. The molecule has 0 aliphatic carbocycles. The molecule has 0 saturated heterocycles. The quantitative estimate of drug-likeness (QED) is 0.810. The molecule has 0 bridgehead atoms. The summed E-state index contributed by atoms with van der Waals surface area (Å²) in [6, 6.07) is 1.08. The van der Waals surface area contributed by atoms with Crippen LogP contribution in [0.1, 0.15) is 46.7 Å². The molecule has 1 atom stereocenters. The monoisotopic (exact) mass is 255 g/mol. The smallest absolute Gasteiger partial charge is 0.185 e. The van der Waals surface area contributed by atoms with Gasteiger partial charge in [-0.25, -0.2) is 4.98 Å². The fourth-order valence-electron chi connectivity index (χ4n) is 1.67. The van der Waals surface area contributed by atoms with Crippen LogP contribution in [-0.4, -0.2) is 23.6 Å². The van der Waals surface area contributed by atoms with Gasteiger partial charge in [-0.05, 0) is 20.3 Å². The third kappa shape index (κ3) is 4.28. The van der Waals surface area contributed by atoms with Gasteiger partial charge in [0.15, 0.2) is 5.13 Å². The van der Waals surface area contributed by atoms with E-state index in [0.29, 0.717) is 12.1 Å². The molecule has 1 aromatic heterocycles. The van der Waals surface area contributed by atoms with E-state index in [-0.39, 0.29) is 0 Å². The summed E-state index contributed by atoms with van der Waals surface area (Å²) in [5.74, 6) is 0. The molecule has 1 N–H and O–H groups in total. The van der Waals surface area contributed by atoms with E-state index >= 15 is 0 Å². The number of rotatable bonds is 7. The van der Waals surface area contributed by atoms with E-state index < -0.39 is 0 Å². The van der Waals surface area contributed by atoms with E-state index in [1.165, 1.54) is 0 Å². The molecule has 0 amide bonds. The van der Waals surface area contributed by atoms with Gasteiger partial charge in [0.05, 0.1) is 5.69 Å². The van der Waals surface area contributed by atoms with Crippen molar-refractivity contribution in [3.05, 3.63) is 11.1 Å². The van der Waals surface area contributed by atoms with Crippen LogP contribution in [0, 0.1) is 0 Å². The topological polar surface area (TPSA) is 28.2 Å². The van der Waals surface area contributed by atoms with Crippen LogP contribution < -0.4 is 10.2 Å². The van der Waals surface area contributed by atoms with Crippen LogP contribution in [-0.2, 0) is 6.54 Å². The highest BCUT2D eigenvalue weighted by Gasteiger charge is 2.14. The summed E-state index contributed by atoms with van der Waals surface area (Å²) in [6.07, 6.45) is 1.16. The molecule has 1 rings (SSSR count). The second-order valence-electron chi connectivity index (χ2n) is 4.70. The van der Waals surface area contributed by atoms with Crippen LogP contribution in [0.5, 0.6) is 0 Å². The van der Waals surface area contributed by atoms with E-state index in [1.807, 2.05) is 0 Å². The zero-order valence-electron chi connectivity index (χ0n) is 11.7. The summed E-state index contributed by atoms with van der Waals surface area (Å²) in [7, 11) is 0. The molecule has 98 valence electrons. The normalized spacial score (nSPS) is 13.1. The fourth-order valence-corrected chi connectivity index (χ4v) is 2.67. The minimum Gasteiger partial charge on any atom is -0.346 e. The van der Waals surface area contributed by atoms with Crippen molar-refractivity contribution in [2.45, 2.75) is 59.7 Å². The van der Waals surface area contributed by atoms with Gasteiger partial charge < -0.3 is 10.2 Å². The van der Waals surface area contributed by atoms with Crippen LogP contribution in [0.15, 0.2) is 5.38 Å². The van der Waals surface area contributed by atoms with Crippen molar-refractivity contribution in [2.24, 2.45) is 0 Å². The first-order valence-electron chi connectivity index (χ1n) is 6.52. The van der Waals surface area contributed by atoms with Crippen molar-refractivity contribution in [2.75, 3.05) is 11.4 Å². The highest BCUT2D eigenvalue weighted by molar-refractivity contribution is 7.13. The minimum absolute atomic E-state index is 0.511. The Hall–Kier alpha value is -0.610. The standard InChI is InChI=1S/C13H25N3S/c1-6-11(5)16(7-2)13-15-12(9-17-13)8-14-10(3)4/h9-11,14H,6-8H2,1-5H3. The van der Waals surface area contributed by atoms with Crippen LogP contribution in [0.4, 0.5) is 5.13 Å². The van der Waals surface area contributed by atoms with Crippen molar-refractivity contribution in [1.29, 1.82) is 0 Å². The average molecular weight is 255 g/mol. The van der Waals surface area contributed by atoms with E-state index in [1.54, 1.807) is 11.3 Å². The lowest BCUT2D eigenvalue weighted by Crippen LogP contribution is -2.32. The summed E-state index contributed by atoms with van der Waals surface area (Å²) in [5.41, 5.74) is 1.15. The van der Waals surface area contributed by atoms with Gasteiger partial charge in [-0.15, -0.1) is 11.3 Å². The Kier molecular flexibility index (Phi) is 5.92. The fraction of sp³-hybridized carbons (Fsp3) is 0.769. The van der Waals surface area contributed by atoms with Crippen molar-refractivity contribution in [3.63, 3.8) is 0 Å². The molecule has 4 heteroatoms. The number of aromatic nitrogens is 1. The highest BCUT2D eigenvalue weighted by atomic mass is 32.1. The maximum Gasteiger partial charge on any atom is 0.185 e. The van der Waals surface area contributed by atoms with Gasteiger partial charge in [0.2, 0.25) is 0 Å². The third-order valence-electron chi connectivity index (χ3n) is 2.94. The van der Waals surface area contributed by atoms with Crippen LogP contribution in [0.3, 0.4) is 0 Å². The summed E-state index contributed by atoms with van der Waals surface area (Å²) < 4.78 is 0. The predicted octanol–water partition coefficient (Wildman–Crippen LogP) is 3.27. The lowest BCUT2D eigenvalue weighted by Gasteiger charge is -2.26. The number of hydrogen-bond acceptors (Lipinski definition) is 4. The molecular formula is C13H25N3S. The highest BCUT2D eigenvalue weighted by Crippen LogP contribution is 2.23. The van der Waals surface area contributed by atoms with E-state index in [9.17, 15) is 0 Å². The molecule has 17 heavy (non-hydrogen) atoms. The van der Waals surface area contributed by atoms with Crippen LogP contribution in [0.2, 0.25) is 0 Å². The Morgan fingerprint density at radius 3 is 2.59 bits per heavy atom. The summed E-state index contributed by atoms with van der Waals surface area (Å²) in [5, 5.41) is 6.72. The Labute approximate surface area is 109 Å². The van der Waals surface area contributed by atoms with E-state index in [2.05, 4.69) is 50.2 Å². The van der Waals surface area contributed by atoms with Gasteiger partial charge in [0.1, 0.15) is 0 Å². The number of thiazole rings is 1. The molecule has 3 nitrogen and oxygen atoms in total. The minimum atomic E-state index is 0.511. The molecule has 0 fully saturated rings. The Bertz CT molecular complexity index is 322. The Balaban J connectivity index is 2.65. The lowest BCUT2D eigenvalue weighted by molar-refractivity contribution is 0.581. The zero-order valence-corrected chi connectivity index (χ0v) is 12.5. The number of nitrogens with zero attached hydrogens (tertiary/aromatic N) is 2. The van der Waals surface area contributed by atoms with Gasteiger partial charge >= 0.3 is 0 Å². The lowest BCUT2D eigenvalue weighted by atomic mass is 10.2. The van der Waals surface area contributed by atoms with Crippen molar-refractivity contribution in [3.8, 4) is 0 Å². The van der Waals surface area contributed by atoms with Gasteiger partial charge in [-0.2, -0.15) is 0 Å². The van der Waals surface area contributed by atoms with Crippen molar-refractivity contribution < 1.29 is 0 Å². The Morgan fingerprint density at radius 2 is 2.06 bits per heavy atom. The number of anilines is 1. The molecule has 0 aromatic carbocycles. The molecule has 0 radical (unpaired) electrons. The molecule has 1 unspecified atom stereocenters. The molecule has 1 aromatic rings. The second kappa shape index (κ2) is 6.97. The number of hydrogen-bond donors (Lipinski definition) is 1. The third-order valence-corrected chi connectivity index (χ3v) is 3.87. The maximum atomic E-state index is 4.70. The molecule has 1 heterocycles. The van der Waals surface area contributed by atoms with E-state index in [0.717, 1.165) is 30.3 Å². The van der Waals surface area contributed by atoms with Crippen molar-refractivity contribution in [1.82, 2.24) is 10.3 Å². The first-order valence-corrected chi connectivity index (χ1v) is 7.40. The molecule has 0 spiro atoms. The molecule has 0 aliphatic heterocycles. The molecular weight excluding hydrogens is 230 g/mol. The van der Waals surface area contributed by atoms with Crippen molar-refractivity contribution >= 4 is 16.5 Å². The van der Waals surface area contributed by atoms with Gasteiger partial charge in [-0.3, -0.25) is 0 Å². The number of nitrogens with one attached hydrogen (secondary N) is 1. The van der Waals surface area contributed by atoms with Crippen LogP contribution in [0.25, 0.3) is 0 Å². The first kappa shape index (κ1) is 14.5. The largest absolute Gasteiger partial charge is 0.346 e. The summed E-state index contributed by atoms with van der Waals surface area (Å²) in [4.78, 5) is 7.08. The molecule has 0 saturated carbocycles. The second-order valence-corrected chi connectivity index (χ2v) is 5.54. The first-order chi connectivity index (χ1) is 8.08. The summed E-state index contributed by atoms with van der Waals surface area (Å²) >= 11 is 1.75. The van der Waals surface area contributed by atoms with Crippen LogP contribution >= 0.6 is 11.3 Å². The van der Waals surface area contributed by atoms with E-state index in [4.69, 9.17) is 4.98 Å². The average Bonchev–Trinajstić information content (AvgIpc) is 2.75. The van der Waals surface area contributed by atoms with Gasteiger partial charge in [0.25, 0.3) is 0 Å². The Morgan fingerprint density at radius 1 is 1.35 bits per heavy atom. The predicted molar refractivity (Wildman–Crippen MR) is 76.9 cm³/mol. The molecule has 0 aliphatic rings. The van der Waals surface area contributed by atoms with Gasteiger partial charge in [0, 0.05) is 30.6 Å².